The topological polar surface area (TPSA) is 41.6 Å². The van der Waals surface area contributed by atoms with Gasteiger partial charge in [-0.25, -0.2) is 0 Å². The van der Waals surface area contributed by atoms with Gasteiger partial charge in [-0.1, -0.05) is 18.2 Å². The van der Waals surface area contributed by atoms with Crippen molar-refractivity contribution >= 4 is 29.0 Å². The van der Waals surface area contributed by atoms with Crippen molar-refractivity contribution in [3.8, 4) is 0 Å². The number of nitrogens with one attached hydrogen (secondary N) is 1. The summed E-state index contributed by atoms with van der Waals surface area (Å²) in [6.07, 6.45) is 3.40. The molecule has 3 rings (SSSR count). The first-order valence-corrected chi connectivity index (χ1v) is 8.59. The second-order valence-corrected chi connectivity index (χ2v) is 6.41. The molecular formula is C18H20N2O2S. The number of thiophene rings is 1. The van der Waals surface area contributed by atoms with E-state index in [0.29, 0.717) is 0 Å². The lowest BCUT2D eigenvalue weighted by Gasteiger charge is -2.26. The van der Waals surface area contributed by atoms with E-state index in [2.05, 4.69) is 16.3 Å². The molecule has 1 saturated heterocycles. The fourth-order valence-electron chi connectivity index (χ4n) is 2.49. The van der Waals surface area contributed by atoms with E-state index in [4.69, 9.17) is 4.74 Å². The zero-order chi connectivity index (χ0) is 15.9. The summed E-state index contributed by atoms with van der Waals surface area (Å²) in [4.78, 5) is 15.4. The first-order valence-electron chi connectivity index (χ1n) is 7.71. The highest BCUT2D eigenvalue weighted by molar-refractivity contribution is 7.10. The van der Waals surface area contributed by atoms with Gasteiger partial charge in [0.1, 0.15) is 0 Å². The Kier molecular flexibility index (Phi) is 5.58. The number of hydrogen-bond donors (Lipinski definition) is 1. The molecule has 0 atom stereocenters. The van der Waals surface area contributed by atoms with Gasteiger partial charge in [0.15, 0.2) is 0 Å². The maximum atomic E-state index is 12.0. The molecule has 1 fully saturated rings. The second-order valence-electron chi connectivity index (χ2n) is 5.43. The Labute approximate surface area is 140 Å². The number of carbonyl (C=O) groups excluding carboxylic acids is 1. The normalized spacial score (nSPS) is 15.8. The molecule has 1 aromatic carbocycles. The number of rotatable bonds is 5. The molecule has 0 unspecified atom stereocenters. The van der Waals surface area contributed by atoms with Crippen molar-refractivity contribution in [3.63, 3.8) is 0 Å². The standard InChI is InChI=1S/C18H20N2O2S/c21-18(7-6-17-5-2-12-23-17)19-16-4-1-3-15(13-16)14-20-8-10-22-11-9-20/h1-7,12-13H,8-11,14H2,(H,19,21). The van der Waals surface area contributed by atoms with E-state index in [-0.39, 0.29) is 5.91 Å². The second kappa shape index (κ2) is 8.06. The highest BCUT2D eigenvalue weighted by atomic mass is 32.1. The lowest BCUT2D eigenvalue weighted by atomic mass is 10.2. The predicted octanol–water partition coefficient (Wildman–Crippen LogP) is 3.23. The van der Waals surface area contributed by atoms with Crippen LogP contribution in [0.25, 0.3) is 6.08 Å². The van der Waals surface area contributed by atoms with Crippen molar-refractivity contribution in [3.05, 3.63) is 58.3 Å². The molecule has 2 aromatic rings. The van der Waals surface area contributed by atoms with Gasteiger partial charge >= 0.3 is 0 Å². The number of benzene rings is 1. The van der Waals surface area contributed by atoms with Gasteiger partial charge in [0, 0.05) is 36.3 Å². The van der Waals surface area contributed by atoms with Gasteiger partial charge in [-0.3, -0.25) is 9.69 Å². The summed E-state index contributed by atoms with van der Waals surface area (Å²) in [6.45, 7) is 4.40. The van der Waals surface area contributed by atoms with E-state index in [0.717, 1.165) is 43.4 Å². The Balaban J connectivity index is 1.57. The van der Waals surface area contributed by atoms with Crippen LogP contribution in [-0.4, -0.2) is 37.1 Å². The van der Waals surface area contributed by atoms with Crippen molar-refractivity contribution in [2.75, 3.05) is 31.6 Å². The number of morpholine rings is 1. The summed E-state index contributed by atoms with van der Waals surface area (Å²) < 4.78 is 5.37. The molecule has 0 aliphatic carbocycles. The van der Waals surface area contributed by atoms with Gasteiger partial charge in [0.25, 0.3) is 0 Å². The molecular weight excluding hydrogens is 308 g/mol. The van der Waals surface area contributed by atoms with E-state index in [1.807, 2.05) is 41.8 Å². The van der Waals surface area contributed by atoms with Crippen molar-refractivity contribution in [2.45, 2.75) is 6.54 Å². The number of amides is 1. The minimum absolute atomic E-state index is 0.109. The molecule has 1 amide bonds. The number of ether oxygens (including phenoxy) is 1. The van der Waals surface area contributed by atoms with Crippen molar-refractivity contribution < 1.29 is 9.53 Å². The number of carbonyl (C=O) groups is 1. The SMILES string of the molecule is O=C(C=Cc1cccs1)Nc1cccc(CN2CCOCC2)c1. The van der Waals surface area contributed by atoms with Crippen molar-refractivity contribution in [1.82, 2.24) is 4.90 Å². The Morgan fingerprint density at radius 3 is 2.91 bits per heavy atom. The van der Waals surface area contributed by atoms with Crippen LogP contribution in [0.5, 0.6) is 0 Å². The number of hydrogen-bond acceptors (Lipinski definition) is 4. The van der Waals surface area contributed by atoms with Gasteiger partial charge in [-0.15, -0.1) is 11.3 Å². The lowest BCUT2D eigenvalue weighted by Crippen LogP contribution is -2.35. The van der Waals surface area contributed by atoms with Crippen LogP contribution in [0.3, 0.4) is 0 Å². The van der Waals surface area contributed by atoms with Crippen molar-refractivity contribution in [2.24, 2.45) is 0 Å². The summed E-state index contributed by atoms with van der Waals surface area (Å²) in [5.41, 5.74) is 2.03. The highest BCUT2D eigenvalue weighted by Gasteiger charge is 2.10. The third-order valence-corrected chi connectivity index (χ3v) is 4.48. The van der Waals surface area contributed by atoms with Gasteiger partial charge in [0.2, 0.25) is 5.91 Å². The van der Waals surface area contributed by atoms with E-state index in [9.17, 15) is 4.79 Å². The summed E-state index contributed by atoms with van der Waals surface area (Å²) in [7, 11) is 0. The smallest absolute Gasteiger partial charge is 0.248 e. The van der Waals surface area contributed by atoms with Gasteiger partial charge in [0.05, 0.1) is 13.2 Å². The van der Waals surface area contributed by atoms with Gasteiger partial charge in [-0.05, 0) is 35.2 Å². The van der Waals surface area contributed by atoms with E-state index in [1.165, 1.54) is 5.56 Å². The molecule has 23 heavy (non-hydrogen) atoms. The van der Waals surface area contributed by atoms with Crippen molar-refractivity contribution in [1.29, 1.82) is 0 Å². The fraction of sp³-hybridized carbons (Fsp3) is 0.278. The molecule has 0 bridgehead atoms. The largest absolute Gasteiger partial charge is 0.379 e. The van der Waals surface area contributed by atoms with E-state index < -0.39 is 0 Å². The molecule has 1 aromatic heterocycles. The summed E-state index contributed by atoms with van der Waals surface area (Å²) in [6, 6.07) is 12.0. The Morgan fingerprint density at radius 2 is 2.13 bits per heavy atom. The first-order chi connectivity index (χ1) is 11.3. The van der Waals surface area contributed by atoms with Crippen LogP contribution in [0.1, 0.15) is 10.4 Å². The molecule has 1 aliphatic rings. The molecule has 5 heteroatoms. The lowest BCUT2D eigenvalue weighted by molar-refractivity contribution is -0.111. The maximum Gasteiger partial charge on any atom is 0.248 e. The summed E-state index contributed by atoms with van der Waals surface area (Å²) in [5.74, 6) is -0.109. The van der Waals surface area contributed by atoms with Gasteiger partial charge < -0.3 is 10.1 Å². The van der Waals surface area contributed by atoms with E-state index in [1.54, 1.807) is 17.4 Å². The molecule has 0 saturated carbocycles. The van der Waals surface area contributed by atoms with E-state index >= 15 is 0 Å². The summed E-state index contributed by atoms with van der Waals surface area (Å²) >= 11 is 1.61. The molecule has 0 spiro atoms. The Bertz CT molecular complexity index is 661. The Hall–Kier alpha value is -1.95. The average Bonchev–Trinajstić information content (AvgIpc) is 3.08. The minimum atomic E-state index is -0.109. The molecule has 1 N–H and O–H groups in total. The monoisotopic (exact) mass is 328 g/mol. The van der Waals surface area contributed by atoms with Crippen LogP contribution < -0.4 is 5.32 Å². The Morgan fingerprint density at radius 1 is 1.26 bits per heavy atom. The molecule has 1 aliphatic heterocycles. The van der Waals surface area contributed by atoms with Gasteiger partial charge in [-0.2, -0.15) is 0 Å². The fourth-order valence-corrected chi connectivity index (χ4v) is 3.11. The third kappa shape index (κ3) is 5.03. The average molecular weight is 328 g/mol. The van der Waals surface area contributed by atoms with Crippen LogP contribution in [0, 0.1) is 0 Å². The zero-order valence-corrected chi connectivity index (χ0v) is 13.7. The first kappa shape index (κ1) is 15.9. The highest BCUT2D eigenvalue weighted by Crippen LogP contribution is 2.14. The molecule has 2 heterocycles. The predicted molar refractivity (Wildman–Crippen MR) is 94.5 cm³/mol. The molecule has 120 valence electrons. The molecule has 4 nitrogen and oxygen atoms in total. The van der Waals surface area contributed by atoms with Crippen LogP contribution >= 0.6 is 11.3 Å². The minimum Gasteiger partial charge on any atom is -0.379 e. The number of nitrogens with zero attached hydrogens (tertiary/aromatic N) is 1. The maximum absolute atomic E-state index is 12.0. The molecule has 0 radical (unpaired) electrons. The zero-order valence-electron chi connectivity index (χ0n) is 12.9. The van der Waals surface area contributed by atoms with Crippen LogP contribution in [0.2, 0.25) is 0 Å². The number of anilines is 1. The van der Waals surface area contributed by atoms with Crippen LogP contribution in [0.4, 0.5) is 5.69 Å². The van der Waals surface area contributed by atoms with Crippen LogP contribution in [0.15, 0.2) is 47.9 Å². The quantitative estimate of drug-likeness (QED) is 0.857. The third-order valence-electron chi connectivity index (χ3n) is 3.65. The summed E-state index contributed by atoms with van der Waals surface area (Å²) in [5, 5.41) is 4.91. The van der Waals surface area contributed by atoms with Crippen LogP contribution in [-0.2, 0) is 16.1 Å².